The molecule has 9 nitrogen and oxygen atoms in total. The number of hydrogen-bond acceptors (Lipinski definition) is 6. The van der Waals surface area contributed by atoms with E-state index in [1.807, 2.05) is 51.2 Å². The summed E-state index contributed by atoms with van der Waals surface area (Å²) in [6.07, 6.45) is 7.39. The third-order valence-corrected chi connectivity index (χ3v) is 6.36. The molecule has 6 rings (SSSR count). The predicted octanol–water partition coefficient (Wildman–Crippen LogP) is 6.31. The molecule has 6 aromatic rings. The average Bonchev–Trinajstić information content (AvgIpc) is 3.51. The number of pyridine rings is 3. The molecule has 0 bridgehead atoms. The lowest BCUT2D eigenvalue weighted by molar-refractivity contribution is -0.117. The van der Waals surface area contributed by atoms with Crippen LogP contribution in [0.5, 0.6) is 0 Å². The largest absolute Gasteiger partial charge is 0.335 e. The van der Waals surface area contributed by atoms with Crippen LogP contribution in [-0.2, 0) is 4.79 Å². The van der Waals surface area contributed by atoms with Crippen LogP contribution >= 0.6 is 0 Å². The molecule has 9 heteroatoms. The van der Waals surface area contributed by atoms with Gasteiger partial charge in [0.05, 0.1) is 40.3 Å². The van der Waals surface area contributed by atoms with Crippen LogP contribution in [0.2, 0.25) is 0 Å². The molecule has 3 N–H and O–H groups in total. The second kappa shape index (κ2) is 9.43. The van der Waals surface area contributed by atoms with Crippen molar-refractivity contribution in [2.75, 3.05) is 5.32 Å². The normalized spacial score (nSPS) is 11.8. The molecule has 0 saturated carbocycles. The molecule has 0 saturated heterocycles. The van der Waals surface area contributed by atoms with Crippen molar-refractivity contribution in [2.24, 2.45) is 5.41 Å². The van der Waals surface area contributed by atoms with Gasteiger partial charge in [-0.3, -0.25) is 19.9 Å². The molecule has 0 aliphatic heterocycles. The summed E-state index contributed by atoms with van der Waals surface area (Å²) in [7, 11) is 0. The van der Waals surface area contributed by atoms with E-state index in [9.17, 15) is 4.79 Å². The number of benzene rings is 1. The van der Waals surface area contributed by atoms with E-state index in [1.54, 1.807) is 18.6 Å². The Labute approximate surface area is 225 Å². The Kier molecular flexibility index (Phi) is 5.91. The highest BCUT2D eigenvalue weighted by atomic mass is 16.1. The van der Waals surface area contributed by atoms with Gasteiger partial charge >= 0.3 is 0 Å². The van der Waals surface area contributed by atoms with Gasteiger partial charge in [-0.15, -0.1) is 0 Å². The number of H-pyrrole nitrogens is 2. The van der Waals surface area contributed by atoms with Gasteiger partial charge in [0, 0.05) is 29.9 Å². The molecule has 0 spiro atoms. The SMILES string of the molecule is Cc1cccc(-c2cncc3[nH]c(-c4n[nH]c5ccc(-c6cncc(NC(=O)CC(C)(C)C)c6)nc45)nc23)c1. The van der Waals surface area contributed by atoms with Crippen LogP contribution in [0.1, 0.15) is 32.8 Å². The Bertz CT molecular complexity index is 1840. The molecule has 1 amide bonds. The number of aryl methyl sites for hydroxylation is 1. The van der Waals surface area contributed by atoms with Crippen LogP contribution in [0, 0.1) is 12.3 Å². The van der Waals surface area contributed by atoms with Crippen molar-refractivity contribution in [3.8, 4) is 33.9 Å². The first-order chi connectivity index (χ1) is 18.7. The van der Waals surface area contributed by atoms with Gasteiger partial charge in [0.1, 0.15) is 5.52 Å². The summed E-state index contributed by atoms with van der Waals surface area (Å²) in [5, 5.41) is 10.5. The molecule has 1 aromatic carbocycles. The summed E-state index contributed by atoms with van der Waals surface area (Å²) in [4.78, 5) is 34.4. The van der Waals surface area contributed by atoms with Gasteiger partial charge in [0.2, 0.25) is 5.91 Å². The highest BCUT2D eigenvalue weighted by Gasteiger charge is 2.18. The lowest BCUT2D eigenvalue weighted by Gasteiger charge is -2.17. The van der Waals surface area contributed by atoms with Crippen LogP contribution in [0.4, 0.5) is 5.69 Å². The topological polar surface area (TPSA) is 125 Å². The van der Waals surface area contributed by atoms with E-state index >= 15 is 0 Å². The van der Waals surface area contributed by atoms with Crippen molar-refractivity contribution in [3.63, 3.8) is 0 Å². The number of anilines is 1. The summed E-state index contributed by atoms with van der Waals surface area (Å²) < 4.78 is 0. The maximum atomic E-state index is 12.4. The lowest BCUT2D eigenvalue weighted by Crippen LogP contribution is -2.19. The monoisotopic (exact) mass is 516 g/mol. The van der Waals surface area contributed by atoms with Crippen LogP contribution in [-0.4, -0.2) is 41.0 Å². The Morgan fingerprint density at radius 1 is 0.897 bits per heavy atom. The number of fused-ring (bicyclic) bond motifs is 2. The second-order valence-electron chi connectivity index (χ2n) is 11.0. The predicted molar refractivity (Wildman–Crippen MR) is 153 cm³/mol. The lowest BCUT2D eigenvalue weighted by atomic mass is 9.92. The third kappa shape index (κ3) is 4.98. The number of carbonyl (C=O) groups excluding carboxylic acids is 1. The standard InChI is InChI=1S/C30H28N8O/c1-17-6-5-7-18(10-17)21-15-32-16-24-26(21)36-29(35-24)28-27-23(37-38-28)9-8-22(34-27)19-11-20(14-31-13-19)33-25(39)12-30(2,3)4/h5-11,13-16H,12H2,1-4H3,(H,33,39)(H,35,36)(H,37,38). The minimum absolute atomic E-state index is 0.0496. The maximum absolute atomic E-state index is 12.4. The maximum Gasteiger partial charge on any atom is 0.224 e. The van der Waals surface area contributed by atoms with Gasteiger partial charge in [-0.1, -0.05) is 50.6 Å². The molecule has 5 aromatic heterocycles. The number of aromatic amines is 2. The second-order valence-corrected chi connectivity index (χ2v) is 11.0. The van der Waals surface area contributed by atoms with E-state index in [4.69, 9.17) is 9.97 Å². The molecule has 0 fully saturated rings. The average molecular weight is 517 g/mol. The Morgan fingerprint density at radius 3 is 2.56 bits per heavy atom. The zero-order chi connectivity index (χ0) is 27.1. The fourth-order valence-electron chi connectivity index (χ4n) is 4.63. The number of hydrogen-bond donors (Lipinski definition) is 3. The van der Waals surface area contributed by atoms with Gasteiger partial charge in [-0.2, -0.15) is 5.10 Å². The minimum atomic E-state index is -0.104. The Morgan fingerprint density at radius 2 is 1.74 bits per heavy atom. The first-order valence-corrected chi connectivity index (χ1v) is 12.7. The molecule has 0 aliphatic carbocycles. The van der Waals surface area contributed by atoms with Crippen molar-refractivity contribution in [3.05, 3.63) is 72.8 Å². The third-order valence-electron chi connectivity index (χ3n) is 6.36. The summed E-state index contributed by atoms with van der Waals surface area (Å²) in [5.41, 5.74) is 8.91. The summed E-state index contributed by atoms with van der Waals surface area (Å²) in [6.45, 7) is 8.16. The number of nitrogens with zero attached hydrogens (tertiary/aromatic N) is 5. The molecular formula is C30H28N8O. The van der Waals surface area contributed by atoms with Gasteiger partial charge in [-0.05, 0) is 36.1 Å². The van der Waals surface area contributed by atoms with E-state index in [2.05, 4.69) is 55.6 Å². The van der Waals surface area contributed by atoms with Gasteiger partial charge in [0.25, 0.3) is 0 Å². The quantitative estimate of drug-likeness (QED) is 0.247. The number of rotatable bonds is 5. The van der Waals surface area contributed by atoms with Crippen molar-refractivity contribution < 1.29 is 4.79 Å². The number of amides is 1. The number of aromatic nitrogens is 7. The molecule has 0 unspecified atom stereocenters. The van der Waals surface area contributed by atoms with Gasteiger partial charge in [-0.25, -0.2) is 9.97 Å². The Hall–Kier alpha value is -4.92. The van der Waals surface area contributed by atoms with Crippen LogP contribution in [0.25, 0.3) is 56.0 Å². The fourth-order valence-corrected chi connectivity index (χ4v) is 4.63. The highest BCUT2D eigenvalue weighted by molar-refractivity contribution is 5.96. The van der Waals surface area contributed by atoms with E-state index in [0.29, 0.717) is 34.8 Å². The fraction of sp³-hybridized carbons (Fsp3) is 0.200. The zero-order valence-corrected chi connectivity index (χ0v) is 22.2. The van der Waals surface area contributed by atoms with Crippen molar-refractivity contribution >= 4 is 33.7 Å². The summed E-state index contributed by atoms with van der Waals surface area (Å²) >= 11 is 0. The molecule has 0 atom stereocenters. The van der Waals surface area contributed by atoms with Gasteiger partial charge in [0.15, 0.2) is 11.5 Å². The molecular weight excluding hydrogens is 488 g/mol. The molecule has 5 heterocycles. The first-order valence-electron chi connectivity index (χ1n) is 12.7. The van der Waals surface area contributed by atoms with E-state index < -0.39 is 0 Å². The number of nitrogens with one attached hydrogen (secondary N) is 3. The van der Waals surface area contributed by atoms with Crippen LogP contribution < -0.4 is 5.32 Å². The zero-order valence-electron chi connectivity index (χ0n) is 22.2. The number of carbonyl (C=O) groups is 1. The van der Waals surface area contributed by atoms with E-state index in [1.165, 1.54) is 5.56 Å². The smallest absolute Gasteiger partial charge is 0.224 e. The van der Waals surface area contributed by atoms with Crippen molar-refractivity contribution in [2.45, 2.75) is 34.1 Å². The van der Waals surface area contributed by atoms with Crippen LogP contribution in [0.15, 0.2) is 67.3 Å². The first kappa shape index (κ1) is 24.4. The summed E-state index contributed by atoms with van der Waals surface area (Å²) in [5.74, 6) is 0.551. The molecule has 0 radical (unpaired) electrons. The molecule has 39 heavy (non-hydrogen) atoms. The molecule has 194 valence electrons. The van der Waals surface area contributed by atoms with E-state index in [-0.39, 0.29) is 11.3 Å². The van der Waals surface area contributed by atoms with Crippen molar-refractivity contribution in [1.82, 2.24) is 35.1 Å². The van der Waals surface area contributed by atoms with Crippen LogP contribution in [0.3, 0.4) is 0 Å². The minimum Gasteiger partial charge on any atom is -0.335 e. The van der Waals surface area contributed by atoms with Crippen molar-refractivity contribution in [1.29, 1.82) is 0 Å². The summed E-state index contributed by atoms with van der Waals surface area (Å²) in [6, 6.07) is 14.0. The van der Waals surface area contributed by atoms with E-state index in [0.717, 1.165) is 33.2 Å². The highest BCUT2D eigenvalue weighted by Crippen LogP contribution is 2.32. The molecule has 0 aliphatic rings. The number of imidazole rings is 1. The Balaban J connectivity index is 1.37. The van der Waals surface area contributed by atoms with Gasteiger partial charge < -0.3 is 10.3 Å².